The molecule has 1 aromatic carbocycles. The summed E-state index contributed by atoms with van der Waals surface area (Å²) in [5.41, 5.74) is 0.953. The number of nitro groups is 1. The molecule has 2 N–H and O–H groups in total. The van der Waals surface area contributed by atoms with E-state index in [-0.39, 0.29) is 12.2 Å². The number of nitro benzene ring substituents is 1. The second-order valence-corrected chi connectivity index (χ2v) is 4.17. The van der Waals surface area contributed by atoms with Gasteiger partial charge in [-0.2, -0.15) is 0 Å². The van der Waals surface area contributed by atoms with E-state index in [4.69, 9.17) is 11.6 Å². The van der Waals surface area contributed by atoms with Crippen molar-refractivity contribution in [2.45, 2.75) is 26.4 Å². The van der Waals surface area contributed by atoms with Crippen molar-refractivity contribution < 1.29 is 10.0 Å². The van der Waals surface area contributed by atoms with Crippen molar-refractivity contribution in [3.63, 3.8) is 0 Å². The maximum Gasteiger partial charge on any atom is 0.292 e. The zero-order valence-corrected chi connectivity index (χ0v) is 10.5. The van der Waals surface area contributed by atoms with Gasteiger partial charge in [-0.15, -0.1) is 0 Å². The van der Waals surface area contributed by atoms with Crippen molar-refractivity contribution in [3.8, 4) is 0 Å². The standard InChI is InChI=1S/C11H15ClN2O3/c1-3-8(15)6-13-11-7(2)9(12)4-5-10(11)14(16)17/h4-5,8,13,15H,3,6H2,1-2H3. The van der Waals surface area contributed by atoms with Crippen LogP contribution in [0.4, 0.5) is 11.4 Å². The van der Waals surface area contributed by atoms with E-state index in [2.05, 4.69) is 5.32 Å². The fraction of sp³-hybridized carbons (Fsp3) is 0.455. The summed E-state index contributed by atoms with van der Waals surface area (Å²) < 4.78 is 0. The van der Waals surface area contributed by atoms with Gasteiger partial charge >= 0.3 is 0 Å². The Balaban J connectivity index is 3.02. The molecule has 0 aliphatic heterocycles. The van der Waals surface area contributed by atoms with E-state index in [0.29, 0.717) is 22.7 Å². The lowest BCUT2D eigenvalue weighted by molar-refractivity contribution is -0.384. The molecule has 0 heterocycles. The molecule has 0 radical (unpaired) electrons. The summed E-state index contributed by atoms with van der Waals surface area (Å²) >= 11 is 5.91. The lowest BCUT2D eigenvalue weighted by atomic mass is 10.1. The van der Waals surface area contributed by atoms with E-state index < -0.39 is 11.0 Å². The molecule has 17 heavy (non-hydrogen) atoms. The molecule has 94 valence electrons. The summed E-state index contributed by atoms with van der Waals surface area (Å²) in [7, 11) is 0. The Morgan fingerprint density at radius 2 is 2.24 bits per heavy atom. The first-order valence-electron chi connectivity index (χ1n) is 5.32. The van der Waals surface area contributed by atoms with Gasteiger partial charge in [0.1, 0.15) is 5.69 Å². The number of hydrogen-bond acceptors (Lipinski definition) is 4. The summed E-state index contributed by atoms with van der Waals surface area (Å²) in [5.74, 6) is 0. The maximum absolute atomic E-state index is 10.9. The minimum atomic E-state index is -0.534. The monoisotopic (exact) mass is 258 g/mol. The fourth-order valence-electron chi connectivity index (χ4n) is 1.41. The van der Waals surface area contributed by atoms with E-state index in [1.54, 1.807) is 6.92 Å². The number of anilines is 1. The van der Waals surface area contributed by atoms with Crippen LogP contribution in [0.2, 0.25) is 5.02 Å². The Morgan fingerprint density at radius 3 is 2.76 bits per heavy atom. The zero-order chi connectivity index (χ0) is 13.0. The van der Waals surface area contributed by atoms with Crippen LogP contribution in [0.15, 0.2) is 12.1 Å². The summed E-state index contributed by atoms with van der Waals surface area (Å²) in [6.07, 6.45) is 0.0495. The molecule has 1 atom stereocenters. The highest BCUT2D eigenvalue weighted by Crippen LogP contribution is 2.32. The molecule has 6 heteroatoms. The minimum absolute atomic E-state index is 0.0322. The third kappa shape index (κ3) is 3.31. The SMILES string of the molecule is CCC(O)CNc1c([N+](=O)[O-])ccc(Cl)c1C. The van der Waals surface area contributed by atoms with Crippen molar-refractivity contribution in [3.05, 3.63) is 32.8 Å². The topological polar surface area (TPSA) is 75.4 Å². The van der Waals surface area contributed by atoms with E-state index in [0.717, 1.165) is 0 Å². The van der Waals surface area contributed by atoms with Gasteiger partial charge < -0.3 is 10.4 Å². The predicted octanol–water partition coefficient (Wildman–Crippen LogP) is 2.74. The molecule has 5 nitrogen and oxygen atoms in total. The van der Waals surface area contributed by atoms with Gasteiger partial charge in [-0.25, -0.2) is 0 Å². The third-order valence-corrected chi connectivity index (χ3v) is 2.97. The molecule has 0 saturated heterocycles. The zero-order valence-electron chi connectivity index (χ0n) is 9.74. The molecule has 1 unspecified atom stereocenters. The smallest absolute Gasteiger partial charge is 0.292 e. The first kappa shape index (κ1) is 13.7. The molecule has 1 aromatic rings. The highest BCUT2D eigenvalue weighted by molar-refractivity contribution is 6.31. The Labute approximate surface area is 105 Å². The first-order valence-corrected chi connectivity index (χ1v) is 5.70. The van der Waals surface area contributed by atoms with Gasteiger partial charge in [0.05, 0.1) is 11.0 Å². The van der Waals surface area contributed by atoms with Crippen LogP contribution < -0.4 is 5.32 Å². The Hall–Kier alpha value is -1.33. The molecule has 0 amide bonds. The Kier molecular flexibility index (Phi) is 4.72. The lowest BCUT2D eigenvalue weighted by Gasteiger charge is -2.13. The summed E-state index contributed by atoms with van der Waals surface area (Å²) in [6.45, 7) is 3.81. The van der Waals surface area contributed by atoms with Crippen molar-refractivity contribution in [2.75, 3.05) is 11.9 Å². The molecule has 0 aliphatic rings. The fourth-order valence-corrected chi connectivity index (χ4v) is 1.57. The molecule has 0 spiro atoms. The molecule has 0 bridgehead atoms. The van der Waals surface area contributed by atoms with Crippen LogP contribution in [0.5, 0.6) is 0 Å². The molecule has 0 aromatic heterocycles. The summed E-state index contributed by atoms with van der Waals surface area (Å²) in [4.78, 5) is 10.4. The number of rotatable bonds is 5. The Morgan fingerprint density at radius 1 is 1.59 bits per heavy atom. The van der Waals surface area contributed by atoms with Crippen LogP contribution in [0, 0.1) is 17.0 Å². The average Bonchev–Trinajstić information content (AvgIpc) is 2.30. The van der Waals surface area contributed by atoms with E-state index in [1.165, 1.54) is 12.1 Å². The van der Waals surface area contributed by atoms with Crippen LogP contribution >= 0.6 is 11.6 Å². The van der Waals surface area contributed by atoms with Gasteiger partial charge in [-0.3, -0.25) is 10.1 Å². The van der Waals surface area contributed by atoms with E-state index >= 15 is 0 Å². The second kappa shape index (κ2) is 5.84. The number of benzene rings is 1. The number of halogens is 1. The summed E-state index contributed by atoms with van der Waals surface area (Å²) in [5, 5.41) is 23.6. The molecule has 0 aliphatic carbocycles. The second-order valence-electron chi connectivity index (χ2n) is 3.77. The highest BCUT2D eigenvalue weighted by atomic mass is 35.5. The van der Waals surface area contributed by atoms with Crippen molar-refractivity contribution in [2.24, 2.45) is 0 Å². The molecule has 0 saturated carbocycles. The van der Waals surface area contributed by atoms with Crippen LogP contribution in [0.3, 0.4) is 0 Å². The van der Waals surface area contributed by atoms with Crippen LogP contribution in [-0.4, -0.2) is 22.7 Å². The maximum atomic E-state index is 10.9. The van der Waals surface area contributed by atoms with Crippen molar-refractivity contribution >= 4 is 23.0 Å². The molecular formula is C11H15ClN2O3. The van der Waals surface area contributed by atoms with Crippen LogP contribution in [-0.2, 0) is 0 Å². The Bertz CT molecular complexity index is 423. The van der Waals surface area contributed by atoms with Crippen LogP contribution in [0.1, 0.15) is 18.9 Å². The van der Waals surface area contributed by atoms with Gasteiger partial charge in [0.2, 0.25) is 0 Å². The number of aliphatic hydroxyl groups excluding tert-OH is 1. The highest BCUT2D eigenvalue weighted by Gasteiger charge is 2.18. The van der Waals surface area contributed by atoms with Gasteiger partial charge in [-0.05, 0) is 25.0 Å². The summed E-state index contributed by atoms with van der Waals surface area (Å²) in [6, 6.07) is 2.85. The first-order chi connectivity index (χ1) is 7.97. The predicted molar refractivity (Wildman–Crippen MR) is 67.6 cm³/mol. The van der Waals surface area contributed by atoms with Crippen molar-refractivity contribution in [1.29, 1.82) is 0 Å². The molecule has 1 rings (SSSR count). The third-order valence-electron chi connectivity index (χ3n) is 2.56. The number of hydrogen-bond donors (Lipinski definition) is 2. The molecule has 0 fully saturated rings. The number of aliphatic hydroxyl groups is 1. The van der Waals surface area contributed by atoms with Crippen LogP contribution in [0.25, 0.3) is 0 Å². The number of nitrogens with zero attached hydrogens (tertiary/aromatic N) is 1. The van der Waals surface area contributed by atoms with E-state index in [1.807, 2.05) is 6.92 Å². The largest absolute Gasteiger partial charge is 0.391 e. The van der Waals surface area contributed by atoms with Gasteiger partial charge in [-0.1, -0.05) is 18.5 Å². The average molecular weight is 259 g/mol. The van der Waals surface area contributed by atoms with Crippen molar-refractivity contribution in [1.82, 2.24) is 0 Å². The minimum Gasteiger partial charge on any atom is -0.391 e. The van der Waals surface area contributed by atoms with Gasteiger partial charge in [0.15, 0.2) is 0 Å². The quantitative estimate of drug-likeness (QED) is 0.629. The van der Waals surface area contributed by atoms with E-state index in [9.17, 15) is 15.2 Å². The normalized spacial score (nSPS) is 12.2. The number of nitrogens with one attached hydrogen (secondary N) is 1. The molecular weight excluding hydrogens is 244 g/mol. The van der Waals surface area contributed by atoms with Gasteiger partial charge in [0.25, 0.3) is 5.69 Å². The van der Waals surface area contributed by atoms with Gasteiger partial charge in [0, 0.05) is 17.6 Å². The lowest BCUT2D eigenvalue weighted by Crippen LogP contribution is -2.19.